The van der Waals surface area contributed by atoms with Crippen LogP contribution in [0.3, 0.4) is 0 Å². The number of nitrogens with one attached hydrogen (secondary N) is 1. The minimum atomic E-state index is -3.47. The van der Waals surface area contributed by atoms with E-state index in [9.17, 15) is 13.8 Å². The number of aryl methyl sites for hydroxylation is 1. The molecule has 1 N–H and O–H groups in total. The molecule has 1 spiro atoms. The van der Waals surface area contributed by atoms with Crippen molar-refractivity contribution in [3.05, 3.63) is 101 Å². The minimum absolute atomic E-state index is 0.00525. The maximum atomic E-state index is 14.1. The van der Waals surface area contributed by atoms with E-state index in [4.69, 9.17) is 25.8 Å². The number of halogens is 1. The van der Waals surface area contributed by atoms with Crippen molar-refractivity contribution >= 4 is 39.0 Å². The van der Waals surface area contributed by atoms with Gasteiger partial charge in [0.2, 0.25) is 0 Å². The largest absolute Gasteiger partial charge is 0.490 e. The first kappa shape index (κ1) is 36.9. The van der Waals surface area contributed by atoms with Gasteiger partial charge in [-0.3, -0.25) is 14.3 Å². The highest BCUT2D eigenvalue weighted by molar-refractivity contribution is 7.92. The summed E-state index contributed by atoms with van der Waals surface area (Å²) in [6.07, 6.45) is 8.02. The molecule has 11 heteroatoms. The van der Waals surface area contributed by atoms with Crippen molar-refractivity contribution in [1.29, 1.82) is 0 Å². The number of ether oxygens (including phenoxy) is 3. The van der Waals surface area contributed by atoms with Crippen LogP contribution in [-0.2, 0) is 31.3 Å². The van der Waals surface area contributed by atoms with E-state index in [-0.39, 0.29) is 29.4 Å². The van der Waals surface area contributed by atoms with Gasteiger partial charge < -0.3 is 19.1 Å². The first-order valence-electron chi connectivity index (χ1n) is 17.8. The van der Waals surface area contributed by atoms with Gasteiger partial charge in [-0.15, -0.1) is 10.9 Å². The van der Waals surface area contributed by atoms with E-state index in [1.807, 2.05) is 24.3 Å². The maximum Gasteiger partial charge on any atom is 0.286 e. The molecule has 5 atom stereocenters. The Morgan fingerprint density at radius 3 is 2.75 bits per heavy atom. The second-order valence-corrected chi connectivity index (χ2v) is 16.5. The third-order valence-corrected chi connectivity index (χ3v) is 12.7. The third kappa shape index (κ3) is 8.62. The molecule has 6 rings (SSSR count). The number of para-hydroxylation sites is 1. The van der Waals surface area contributed by atoms with Crippen LogP contribution in [0, 0.1) is 11.8 Å². The molecule has 0 saturated heterocycles. The summed E-state index contributed by atoms with van der Waals surface area (Å²) in [6, 6.07) is 20.4. The van der Waals surface area contributed by atoms with Crippen LogP contribution in [0.15, 0.2) is 83.7 Å². The molecular weight excluding hydrogens is 686 g/mol. The Hall–Kier alpha value is -3.86. The molecular formula is C40H48ClN3O6S. The minimum Gasteiger partial charge on any atom is -0.490 e. The van der Waals surface area contributed by atoms with Gasteiger partial charge in [-0.05, 0) is 117 Å². The zero-order chi connectivity index (χ0) is 36.0. The van der Waals surface area contributed by atoms with Crippen LogP contribution in [0.25, 0.3) is 0 Å². The normalized spacial score (nSPS) is 22.5. The highest BCUT2D eigenvalue weighted by Crippen LogP contribution is 2.46. The summed E-state index contributed by atoms with van der Waals surface area (Å²) in [6.45, 7) is 7.50. The summed E-state index contributed by atoms with van der Waals surface area (Å²) in [7, 11) is -1.70. The van der Waals surface area contributed by atoms with Crippen LogP contribution in [0.1, 0.15) is 66.9 Å². The van der Waals surface area contributed by atoms with E-state index < -0.39 is 21.7 Å². The lowest BCUT2D eigenvalue weighted by molar-refractivity contribution is -0.121. The summed E-state index contributed by atoms with van der Waals surface area (Å²) in [5.74, 6) is 0.745. The number of hydrogen-bond acceptors (Lipinski definition) is 7. The Labute approximate surface area is 307 Å². The van der Waals surface area contributed by atoms with Gasteiger partial charge in [0.25, 0.3) is 11.8 Å². The van der Waals surface area contributed by atoms with Crippen LogP contribution in [0.4, 0.5) is 5.69 Å². The second kappa shape index (κ2) is 16.2. The monoisotopic (exact) mass is 733 g/mol. The van der Waals surface area contributed by atoms with Crippen molar-refractivity contribution in [2.45, 2.75) is 63.4 Å². The Bertz CT molecular complexity index is 1860. The van der Waals surface area contributed by atoms with Gasteiger partial charge in [0.05, 0.1) is 24.2 Å². The molecule has 1 fully saturated rings. The highest BCUT2D eigenvalue weighted by atomic mass is 35.5. The quantitative estimate of drug-likeness (QED) is 0.143. The van der Waals surface area contributed by atoms with Gasteiger partial charge in [0, 0.05) is 36.2 Å². The molecule has 1 heterocycles. The number of hydrogen-bond donors (Lipinski definition) is 1. The van der Waals surface area contributed by atoms with Gasteiger partial charge in [0.15, 0.2) is 6.61 Å². The SMILES string of the molecule is C=CCCCS(=O)(=NC(=O)c1ccc2c(c1)N(C[C@@H]1CC[C@H]1[C@H](C)OC)C[C@@]1(CCCc3cc(Cl)ccc31)CO2)NC(=O)COc1ccccc1. The van der Waals surface area contributed by atoms with Crippen LogP contribution in [0.2, 0.25) is 5.02 Å². The zero-order valence-corrected chi connectivity index (χ0v) is 31.1. The van der Waals surface area contributed by atoms with Crippen molar-refractivity contribution in [3.63, 3.8) is 0 Å². The number of fused-ring (bicyclic) bond motifs is 3. The number of benzene rings is 3. The summed E-state index contributed by atoms with van der Waals surface area (Å²) < 4.78 is 38.7. The molecule has 3 aromatic rings. The molecule has 3 aliphatic rings. The van der Waals surface area contributed by atoms with Gasteiger partial charge >= 0.3 is 0 Å². The van der Waals surface area contributed by atoms with Gasteiger partial charge in [-0.2, -0.15) is 0 Å². The lowest BCUT2D eigenvalue weighted by Crippen LogP contribution is -2.49. The molecule has 1 aliphatic heterocycles. The standard InChI is InChI=1S/C40H48ClN3O6S/c1-4-5-9-21-51(47,42-38(45)25-49-33-12-7-6-8-13-33)43-39(46)30-15-19-37-36(23-30)44(24-31-14-17-34(31)28(2)48-3)26-40(27-50-37)20-10-11-29-22-32(41)16-18-35(29)40/h4,6-8,12-13,15-16,18-19,22-23,28,31,34H,1,5,9-11,14,17,20-21,24-27H2,2-3H3,(H,42,43,45,46,47)/t28-,31-,34-,40-,51?/m0/s1. The van der Waals surface area contributed by atoms with Crippen molar-refractivity contribution in [3.8, 4) is 11.5 Å². The number of rotatable bonds is 13. The van der Waals surface area contributed by atoms with Crippen molar-refractivity contribution in [2.75, 3.05) is 44.1 Å². The molecule has 1 saturated carbocycles. The lowest BCUT2D eigenvalue weighted by atomic mass is 9.68. The summed E-state index contributed by atoms with van der Waals surface area (Å²) in [5.41, 5.74) is 3.35. The number of methoxy groups -OCH3 is 1. The first-order chi connectivity index (χ1) is 24.6. The highest BCUT2D eigenvalue weighted by Gasteiger charge is 2.44. The molecule has 272 valence electrons. The molecule has 0 aromatic heterocycles. The Kier molecular flexibility index (Phi) is 11.7. The Morgan fingerprint density at radius 1 is 1.18 bits per heavy atom. The number of carbonyl (C=O) groups is 2. The fraction of sp³-hybridized carbons (Fsp3) is 0.450. The third-order valence-electron chi connectivity index (χ3n) is 10.6. The van der Waals surface area contributed by atoms with E-state index in [1.165, 1.54) is 11.1 Å². The lowest BCUT2D eigenvalue weighted by Gasteiger charge is -2.45. The average Bonchev–Trinajstić information content (AvgIpc) is 3.26. The molecule has 2 amide bonds. The maximum absolute atomic E-state index is 14.1. The van der Waals surface area contributed by atoms with E-state index in [1.54, 1.807) is 43.5 Å². The van der Waals surface area contributed by atoms with Crippen LogP contribution in [-0.4, -0.2) is 61.3 Å². The molecule has 0 bridgehead atoms. The van der Waals surface area contributed by atoms with Gasteiger partial charge in [0.1, 0.15) is 21.4 Å². The average molecular weight is 734 g/mol. The second-order valence-electron chi connectivity index (χ2n) is 14.0. The first-order valence-corrected chi connectivity index (χ1v) is 19.9. The number of amides is 2. The Morgan fingerprint density at radius 2 is 2.00 bits per heavy atom. The number of nitrogens with zero attached hydrogens (tertiary/aromatic N) is 2. The molecule has 2 aliphatic carbocycles. The van der Waals surface area contributed by atoms with E-state index in [0.29, 0.717) is 49.3 Å². The van der Waals surface area contributed by atoms with Crippen LogP contribution < -0.4 is 19.1 Å². The topological polar surface area (TPSA) is 107 Å². The summed E-state index contributed by atoms with van der Waals surface area (Å²) in [4.78, 5) is 29.1. The molecule has 3 aromatic carbocycles. The fourth-order valence-corrected chi connectivity index (χ4v) is 9.53. The van der Waals surface area contributed by atoms with Crippen molar-refractivity contribution in [2.24, 2.45) is 16.2 Å². The van der Waals surface area contributed by atoms with Gasteiger partial charge in [-0.1, -0.05) is 41.9 Å². The van der Waals surface area contributed by atoms with Crippen molar-refractivity contribution < 1.29 is 28.0 Å². The number of allylic oxidation sites excluding steroid dienone is 1. The van der Waals surface area contributed by atoms with E-state index in [2.05, 4.69) is 39.6 Å². The van der Waals surface area contributed by atoms with Crippen molar-refractivity contribution in [1.82, 2.24) is 4.72 Å². The Balaban J connectivity index is 1.31. The number of unbranched alkanes of at least 4 members (excludes halogenated alkanes) is 1. The van der Waals surface area contributed by atoms with Crippen LogP contribution in [0.5, 0.6) is 11.5 Å². The molecule has 51 heavy (non-hydrogen) atoms. The molecule has 1 unspecified atom stereocenters. The summed E-state index contributed by atoms with van der Waals surface area (Å²) >= 11 is 6.44. The zero-order valence-electron chi connectivity index (χ0n) is 29.5. The van der Waals surface area contributed by atoms with E-state index in [0.717, 1.165) is 49.4 Å². The fourth-order valence-electron chi connectivity index (χ4n) is 7.75. The van der Waals surface area contributed by atoms with Crippen LogP contribution >= 0.6 is 11.6 Å². The smallest absolute Gasteiger partial charge is 0.286 e. The number of carbonyl (C=O) groups excluding carboxylic acids is 2. The molecule has 9 nitrogen and oxygen atoms in total. The predicted molar refractivity (Wildman–Crippen MR) is 202 cm³/mol. The van der Waals surface area contributed by atoms with Gasteiger partial charge in [-0.25, -0.2) is 4.21 Å². The number of anilines is 1. The predicted octanol–water partition coefficient (Wildman–Crippen LogP) is 7.56. The summed E-state index contributed by atoms with van der Waals surface area (Å²) in [5, 5.41) is 0.735. The molecule has 0 radical (unpaired) electrons. The van der Waals surface area contributed by atoms with E-state index >= 15 is 0 Å².